The summed E-state index contributed by atoms with van der Waals surface area (Å²) in [5, 5.41) is 10.8. The van der Waals surface area contributed by atoms with E-state index in [1.165, 1.54) is 18.2 Å². The van der Waals surface area contributed by atoms with Gasteiger partial charge in [-0.15, -0.1) is 0 Å². The van der Waals surface area contributed by atoms with Crippen molar-refractivity contribution >= 4 is 34.7 Å². The van der Waals surface area contributed by atoms with Gasteiger partial charge in [0, 0.05) is 17.2 Å². The van der Waals surface area contributed by atoms with E-state index in [1.807, 2.05) is 36.4 Å². The molecule has 0 unspecified atom stereocenters. The number of benzene rings is 3. The third-order valence-corrected chi connectivity index (χ3v) is 5.86. The minimum Gasteiger partial charge on any atom is -0.490 e. The van der Waals surface area contributed by atoms with Crippen molar-refractivity contribution < 1.29 is 24.0 Å². The average Bonchev–Trinajstić information content (AvgIpc) is 3.11. The molecule has 0 spiro atoms. The average molecular weight is 477 g/mol. The minimum absolute atomic E-state index is 0.137. The van der Waals surface area contributed by atoms with Crippen molar-refractivity contribution in [2.45, 2.75) is 6.54 Å². The van der Waals surface area contributed by atoms with E-state index >= 15 is 0 Å². The first-order valence-electron chi connectivity index (χ1n) is 10.4. The second-order valence-electron chi connectivity index (χ2n) is 7.20. The smallest absolute Gasteiger partial charge is 0.293 e. The van der Waals surface area contributed by atoms with Crippen LogP contribution < -0.4 is 9.47 Å². The van der Waals surface area contributed by atoms with Crippen LogP contribution in [0.5, 0.6) is 11.5 Å². The predicted molar refractivity (Wildman–Crippen MR) is 128 cm³/mol. The molecule has 4 rings (SSSR count). The number of ether oxygens (including phenoxy) is 2. The van der Waals surface area contributed by atoms with Gasteiger partial charge >= 0.3 is 0 Å². The highest BCUT2D eigenvalue weighted by Crippen LogP contribution is 2.35. The summed E-state index contributed by atoms with van der Waals surface area (Å²) in [6.45, 7) is 0.456. The van der Waals surface area contributed by atoms with Crippen molar-refractivity contribution in [2.24, 2.45) is 0 Å². The van der Waals surface area contributed by atoms with Gasteiger partial charge < -0.3 is 9.47 Å². The predicted octanol–water partition coefficient (Wildman–Crippen LogP) is 5.29. The number of rotatable bonds is 9. The number of nitro groups is 1. The van der Waals surface area contributed by atoms with Crippen molar-refractivity contribution in [1.29, 1.82) is 0 Å². The van der Waals surface area contributed by atoms with Gasteiger partial charge in [0.1, 0.15) is 24.7 Å². The Labute approximate surface area is 199 Å². The Balaban J connectivity index is 1.45. The highest BCUT2D eigenvalue weighted by molar-refractivity contribution is 8.18. The highest BCUT2D eigenvalue weighted by atomic mass is 32.2. The molecule has 34 heavy (non-hydrogen) atoms. The molecule has 8 nitrogen and oxygen atoms in total. The van der Waals surface area contributed by atoms with E-state index in [1.54, 1.807) is 30.3 Å². The summed E-state index contributed by atoms with van der Waals surface area (Å²) in [6, 6.07) is 22.6. The fraction of sp³-hybridized carbons (Fsp3) is 0.120. The molecule has 1 saturated heterocycles. The molecule has 0 radical (unpaired) electrons. The number of thioether (sulfide) groups is 1. The monoisotopic (exact) mass is 476 g/mol. The Bertz CT molecular complexity index is 1240. The van der Waals surface area contributed by atoms with E-state index in [4.69, 9.17) is 9.47 Å². The maximum absolute atomic E-state index is 12.9. The van der Waals surface area contributed by atoms with Gasteiger partial charge in [-0.3, -0.25) is 24.6 Å². The van der Waals surface area contributed by atoms with Crippen molar-refractivity contribution in [3.05, 3.63) is 105 Å². The van der Waals surface area contributed by atoms with Crippen molar-refractivity contribution in [3.8, 4) is 11.5 Å². The SMILES string of the molecule is O=C1S/C(=C/c2ccccc2OCCOc2ccccc2)C(=O)N1Cc1ccccc1[N+](=O)[O-]. The molecule has 172 valence electrons. The maximum atomic E-state index is 12.9. The van der Waals surface area contributed by atoms with E-state index in [2.05, 4.69) is 0 Å². The van der Waals surface area contributed by atoms with Crippen LogP contribution in [0.3, 0.4) is 0 Å². The molecule has 1 heterocycles. The zero-order valence-corrected chi connectivity index (χ0v) is 18.8. The van der Waals surface area contributed by atoms with E-state index in [0.717, 1.165) is 22.4 Å². The van der Waals surface area contributed by atoms with Gasteiger partial charge in [0.25, 0.3) is 16.8 Å². The first-order valence-corrected chi connectivity index (χ1v) is 11.2. The van der Waals surface area contributed by atoms with E-state index < -0.39 is 16.1 Å². The number of nitrogens with zero attached hydrogens (tertiary/aromatic N) is 2. The fourth-order valence-corrected chi connectivity index (χ4v) is 4.16. The molecule has 9 heteroatoms. The lowest BCUT2D eigenvalue weighted by Crippen LogP contribution is -2.27. The van der Waals surface area contributed by atoms with Gasteiger partial charge in [0.15, 0.2) is 0 Å². The molecule has 1 aliphatic heterocycles. The van der Waals surface area contributed by atoms with E-state index in [0.29, 0.717) is 24.5 Å². The summed E-state index contributed by atoms with van der Waals surface area (Å²) in [6.07, 6.45) is 1.59. The summed E-state index contributed by atoms with van der Waals surface area (Å²) in [5.74, 6) is 0.784. The second kappa shape index (κ2) is 10.7. The third kappa shape index (κ3) is 5.44. The van der Waals surface area contributed by atoms with Gasteiger partial charge in [-0.1, -0.05) is 54.6 Å². The molecule has 0 N–H and O–H groups in total. The first kappa shape index (κ1) is 23.1. The molecule has 0 aromatic heterocycles. The molecule has 0 atom stereocenters. The molecule has 3 aromatic rings. The lowest BCUT2D eigenvalue weighted by atomic mass is 10.1. The summed E-state index contributed by atoms with van der Waals surface area (Å²) in [4.78, 5) is 37.4. The van der Waals surface area contributed by atoms with Crippen molar-refractivity contribution in [3.63, 3.8) is 0 Å². The van der Waals surface area contributed by atoms with Crippen molar-refractivity contribution in [1.82, 2.24) is 4.90 Å². The summed E-state index contributed by atoms with van der Waals surface area (Å²) in [7, 11) is 0. The highest BCUT2D eigenvalue weighted by Gasteiger charge is 2.36. The van der Waals surface area contributed by atoms with E-state index in [-0.39, 0.29) is 22.7 Å². The summed E-state index contributed by atoms with van der Waals surface area (Å²) in [5.41, 5.74) is 0.790. The lowest BCUT2D eigenvalue weighted by Gasteiger charge is -2.12. The zero-order valence-electron chi connectivity index (χ0n) is 18.0. The van der Waals surface area contributed by atoms with Crippen LogP contribution >= 0.6 is 11.8 Å². The van der Waals surface area contributed by atoms with Gasteiger partial charge in [-0.25, -0.2) is 0 Å². The quantitative estimate of drug-likeness (QED) is 0.179. The molecule has 1 aliphatic rings. The van der Waals surface area contributed by atoms with E-state index in [9.17, 15) is 19.7 Å². The number of hydrogen-bond donors (Lipinski definition) is 0. The number of carbonyl (C=O) groups excluding carboxylic acids is 2. The Morgan fingerprint density at radius 2 is 1.56 bits per heavy atom. The summed E-state index contributed by atoms with van der Waals surface area (Å²) < 4.78 is 11.5. The second-order valence-corrected chi connectivity index (χ2v) is 8.19. The Morgan fingerprint density at radius 3 is 2.35 bits per heavy atom. The molecule has 2 amide bonds. The fourth-order valence-electron chi connectivity index (χ4n) is 3.33. The van der Waals surface area contributed by atoms with Crippen LogP contribution in [0.2, 0.25) is 0 Å². The number of carbonyl (C=O) groups is 2. The zero-order chi connectivity index (χ0) is 23.9. The Morgan fingerprint density at radius 1 is 0.882 bits per heavy atom. The molecule has 0 saturated carbocycles. The lowest BCUT2D eigenvalue weighted by molar-refractivity contribution is -0.385. The molecular weight excluding hydrogens is 456 g/mol. The van der Waals surface area contributed by atoms with Gasteiger partial charge in [-0.2, -0.15) is 0 Å². The van der Waals surface area contributed by atoms with Gasteiger partial charge in [0.2, 0.25) is 0 Å². The van der Waals surface area contributed by atoms with Crippen LogP contribution in [-0.4, -0.2) is 34.2 Å². The van der Waals surface area contributed by atoms with Crippen molar-refractivity contribution in [2.75, 3.05) is 13.2 Å². The van der Waals surface area contributed by atoms with Crippen LogP contribution in [0, 0.1) is 10.1 Å². The largest absolute Gasteiger partial charge is 0.490 e. The number of para-hydroxylation sites is 3. The first-order chi connectivity index (χ1) is 16.5. The third-order valence-electron chi connectivity index (χ3n) is 4.95. The van der Waals surface area contributed by atoms with Gasteiger partial charge in [-0.05, 0) is 36.0 Å². The Hall–Kier alpha value is -4.11. The van der Waals surface area contributed by atoms with Crippen LogP contribution in [-0.2, 0) is 11.3 Å². The number of nitro benzene ring substituents is 1. The Kier molecular flexibility index (Phi) is 7.24. The van der Waals surface area contributed by atoms with Crippen LogP contribution in [0.15, 0.2) is 83.8 Å². The van der Waals surface area contributed by atoms with Crippen LogP contribution in [0.4, 0.5) is 10.5 Å². The molecule has 0 aliphatic carbocycles. The maximum Gasteiger partial charge on any atom is 0.293 e. The number of imide groups is 1. The molecule has 3 aromatic carbocycles. The van der Waals surface area contributed by atoms with Crippen LogP contribution in [0.25, 0.3) is 6.08 Å². The number of hydrogen-bond acceptors (Lipinski definition) is 7. The summed E-state index contributed by atoms with van der Waals surface area (Å²) >= 11 is 0.793. The van der Waals surface area contributed by atoms with Gasteiger partial charge in [0.05, 0.1) is 16.4 Å². The normalized spacial score (nSPS) is 14.5. The molecular formula is C25H20N2O6S. The molecule has 1 fully saturated rings. The topological polar surface area (TPSA) is 99.0 Å². The minimum atomic E-state index is -0.528. The standard InChI is InChI=1S/C25H20N2O6S/c28-24-23(34-25(29)26(24)17-19-9-4-6-12-21(19)27(30)31)16-18-8-5-7-13-22(18)33-15-14-32-20-10-2-1-3-11-20/h1-13,16H,14-15,17H2/b23-16+. The van der Waals surface area contributed by atoms with Crippen LogP contribution in [0.1, 0.15) is 11.1 Å². The number of amides is 2. The molecule has 0 bridgehead atoms.